The van der Waals surface area contributed by atoms with Crippen LogP contribution < -0.4 is 4.74 Å². The number of pyridine rings is 2. The summed E-state index contributed by atoms with van der Waals surface area (Å²) >= 11 is 3.47. The van der Waals surface area contributed by atoms with Crippen LogP contribution in [0.4, 0.5) is 0 Å². The molecule has 152 valence electrons. The van der Waals surface area contributed by atoms with E-state index in [1.165, 1.54) is 5.56 Å². The van der Waals surface area contributed by atoms with Gasteiger partial charge in [-0.1, -0.05) is 0 Å². The predicted octanol–water partition coefficient (Wildman–Crippen LogP) is 3.93. The van der Waals surface area contributed by atoms with Crippen LogP contribution in [0.1, 0.15) is 35.8 Å². The predicted molar refractivity (Wildman–Crippen MR) is 115 cm³/mol. The van der Waals surface area contributed by atoms with Crippen LogP contribution in [-0.4, -0.2) is 41.4 Å². The molecule has 0 spiro atoms. The third kappa shape index (κ3) is 3.39. The molecule has 1 atom stereocenters. The molecular formula is C21H20BrN7O. The SMILES string of the molecule is COc1nc(-c2nc3n(n2)CCC[C@H]3c2ccnc(Br)c2)ccc1-n1cnc(C)c1. The smallest absolute Gasteiger partial charge is 0.238 e. The lowest BCUT2D eigenvalue weighted by atomic mass is 9.92. The van der Waals surface area contributed by atoms with Crippen molar-refractivity contribution in [2.45, 2.75) is 32.2 Å². The summed E-state index contributed by atoms with van der Waals surface area (Å²) in [5.41, 5.74) is 3.63. The summed E-state index contributed by atoms with van der Waals surface area (Å²) in [5.74, 6) is 2.27. The van der Waals surface area contributed by atoms with Crippen molar-refractivity contribution in [3.05, 3.63) is 64.7 Å². The Morgan fingerprint density at radius 3 is 2.83 bits per heavy atom. The highest BCUT2D eigenvalue weighted by Crippen LogP contribution is 2.34. The molecule has 0 N–H and O–H groups in total. The van der Waals surface area contributed by atoms with Crippen LogP contribution in [0.25, 0.3) is 17.2 Å². The second-order valence-electron chi connectivity index (χ2n) is 7.27. The molecule has 4 aromatic heterocycles. The topological polar surface area (TPSA) is 83.5 Å². The molecule has 5 heterocycles. The molecular weight excluding hydrogens is 446 g/mol. The van der Waals surface area contributed by atoms with Gasteiger partial charge in [-0.25, -0.2) is 24.6 Å². The number of halogens is 1. The Morgan fingerprint density at radius 1 is 1.17 bits per heavy atom. The van der Waals surface area contributed by atoms with Gasteiger partial charge in [0.25, 0.3) is 0 Å². The monoisotopic (exact) mass is 465 g/mol. The zero-order valence-corrected chi connectivity index (χ0v) is 18.2. The maximum atomic E-state index is 5.54. The van der Waals surface area contributed by atoms with Crippen LogP contribution in [0.15, 0.2) is 47.6 Å². The van der Waals surface area contributed by atoms with Crippen LogP contribution in [0.3, 0.4) is 0 Å². The summed E-state index contributed by atoms with van der Waals surface area (Å²) < 4.78 is 10.3. The quantitative estimate of drug-likeness (QED) is 0.424. The minimum atomic E-state index is 0.189. The van der Waals surface area contributed by atoms with Crippen molar-refractivity contribution in [1.82, 2.24) is 34.3 Å². The fourth-order valence-corrected chi connectivity index (χ4v) is 4.25. The summed E-state index contributed by atoms with van der Waals surface area (Å²) in [7, 11) is 1.61. The lowest BCUT2D eigenvalue weighted by Crippen LogP contribution is -2.18. The molecule has 0 fully saturated rings. The molecule has 8 nitrogen and oxygen atoms in total. The van der Waals surface area contributed by atoms with Gasteiger partial charge in [-0.05, 0) is 65.5 Å². The molecule has 0 radical (unpaired) electrons. The number of fused-ring (bicyclic) bond motifs is 1. The highest BCUT2D eigenvalue weighted by atomic mass is 79.9. The molecule has 0 aromatic carbocycles. The average molecular weight is 466 g/mol. The van der Waals surface area contributed by atoms with Crippen LogP contribution in [-0.2, 0) is 6.54 Å². The second-order valence-corrected chi connectivity index (χ2v) is 8.08. The minimum Gasteiger partial charge on any atom is -0.479 e. The van der Waals surface area contributed by atoms with Gasteiger partial charge in [0.1, 0.15) is 21.8 Å². The van der Waals surface area contributed by atoms with E-state index < -0.39 is 0 Å². The first kappa shape index (κ1) is 18.9. The molecule has 0 saturated heterocycles. The molecule has 9 heteroatoms. The van der Waals surface area contributed by atoms with Gasteiger partial charge in [0.2, 0.25) is 5.88 Å². The van der Waals surface area contributed by atoms with Gasteiger partial charge in [-0.3, -0.25) is 0 Å². The zero-order chi connectivity index (χ0) is 20.7. The summed E-state index contributed by atoms with van der Waals surface area (Å²) in [6, 6.07) is 7.98. The van der Waals surface area contributed by atoms with Gasteiger partial charge in [0.15, 0.2) is 5.82 Å². The van der Waals surface area contributed by atoms with Crippen LogP contribution in [0.5, 0.6) is 5.88 Å². The van der Waals surface area contributed by atoms with Crippen molar-refractivity contribution >= 4 is 15.9 Å². The number of hydrogen-bond donors (Lipinski definition) is 0. The van der Waals surface area contributed by atoms with Crippen molar-refractivity contribution in [3.63, 3.8) is 0 Å². The fraction of sp³-hybridized carbons (Fsp3) is 0.286. The lowest BCUT2D eigenvalue weighted by Gasteiger charge is -2.22. The van der Waals surface area contributed by atoms with E-state index in [9.17, 15) is 0 Å². The van der Waals surface area contributed by atoms with Gasteiger partial charge in [0.05, 0.1) is 19.1 Å². The minimum absolute atomic E-state index is 0.189. The number of nitrogens with zero attached hydrogens (tertiary/aromatic N) is 7. The molecule has 30 heavy (non-hydrogen) atoms. The van der Waals surface area contributed by atoms with Gasteiger partial charge in [-0.15, -0.1) is 5.10 Å². The van der Waals surface area contributed by atoms with Crippen molar-refractivity contribution < 1.29 is 4.74 Å². The van der Waals surface area contributed by atoms with Gasteiger partial charge < -0.3 is 9.30 Å². The van der Waals surface area contributed by atoms with Crippen molar-refractivity contribution in [1.29, 1.82) is 0 Å². The number of aryl methyl sites for hydroxylation is 2. The molecule has 5 rings (SSSR count). The summed E-state index contributed by atoms with van der Waals surface area (Å²) in [4.78, 5) is 18.1. The average Bonchev–Trinajstić information content (AvgIpc) is 3.39. The van der Waals surface area contributed by atoms with E-state index in [2.05, 4.69) is 36.9 Å². The number of hydrogen-bond acceptors (Lipinski definition) is 6. The first-order chi connectivity index (χ1) is 14.6. The van der Waals surface area contributed by atoms with E-state index in [0.717, 1.165) is 41.2 Å². The summed E-state index contributed by atoms with van der Waals surface area (Å²) in [6.07, 6.45) is 7.59. The first-order valence-electron chi connectivity index (χ1n) is 9.75. The van der Waals surface area contributed by atoms with E-state index >= 15 is 0 Å². The maximum absolute atomic E-state index is 5.54. The third-order valence-electron chi connectivity index (χ3n) is 5.28. The Balaban J connectivity index is 1.53. The lowest BCUT2D eigenvalue weighted by molar-refractivity contribution is 0.396. The fourth-order valence-electron chi connectivity index (χ4n) is 3.87. The van der Waals surface area contributed by atoms with Crippen molar-refractivity contribution in [3.8, 4) is 23.1 Å². The highest BCUT2D eigenvalue weighted by molar-refractivity contribution is 9.10. The van der Waals surface area contributed by atoms with Gasteiger partial charge in [-0.2, -0.15) is 0 Å². The molecule has 4 aromatic rings. The normalized spacial score (nSPS) is 15.8. The Kier molecular flexibility index (Phi) is 4.82. The molecule has 0 unspecified atom stereocenters. The van der Waals surface area contributed by atoms with E-state index in [1.807, 2.05) is 46.8 Å². The highest BCUT2D eigenvalue weighted by Gasteiger charge is 2.27. The number of methoxy groups -OCH3 is 1. The number of aromatic nitrogens is 7. The Bertz CT molecular complexity index is 1220. The standard InChI is InChI=1S/C21H20BrN7O/c1-13-11-28(12-24-13)17-6-5-16(25-21(17)30-2)19-26-20-15(4-3-9-29(20)27-19)14-7-8-23-18(22)10-14/h5-8,10-12,15H,3-4,9H2,1-2H3/t15-/m0/s1. The first-order valence-corrected chi connectivity index (χ1v) is 10.5. The maximum Gasteiger partial charge on any atom is 0.238 e. The molecule has 1 aliphatic rings. The Labute approximate surface area is 182 Å². The second kappa shape index (κ2) is 7.64. The Hall–Kier alpha value is -3.07. The summed E-state index contributed by atoms with van der Waals surface area (Å²) in [6.45, 7) is 2.80. The molecule has 0 amide bonds. The number of imidazole rings is 1. The van der Waals surface area contributed by atoms with Gasteiger partial charge >= 0.3 is 0 Å². The summed E-state index contributed by atoms with van der Waals surface area (Å²) in [5, 5.41) is 4.74. The Morgan fingerprint density at radius 2 is 2.07 bits per heavy atom. The van der Waals surface area contributed by atoms with Crippen LogP contribution in [0.2, 0.25) is 0 Å². The largest absolute Gasteiger partial charge is 0.479 e. The molecule has 0 bridgehead atoms. The van der Waals surface area contributed by atoms with Crippen molar-refractivity contribution in [2.24, 2.45) is 0 Å². The van der Waals surface area contributed by atoms with E-state index in [1.54, 1.807) is 13.4 Å². The van der Waals surface area contributed by atoms with E-state index in [-0.39, 0.29) is 5.92 Å². The van der Waals surface area contributed by atoms with Crippen LogP contribution >= 0.6 is 15.9 Å². The molecule has 0 aliphatic carbocycles. The molecule has 0 saturated carbocycles. The van der Waals surface area contributed by atoms with Crippen LogP contribution in [0, 0.1) is 6.92 Å². The van der Waals surface area contributed by atoms with Crippen molar-refractivity contribution in [2.75, 3.05) is 7.11 Å². The zero-order valence-electron chi connectivity index (χ0n) is 16.7. The number of rotatable bonds is 4. The van der Waals surface area contributed by atoms with E-state index in [4.69, 9.17) is 14.8 Å². The number of ether oxygens (including phenoxy) is 1. The molecule has 1 aliphatic heterocycles. The van der Waals surface area contributed by atoms with Gasteiger partial charge in [0, 0.05) is 24.9 Å². The third-order valence-corrected chi connectivity index (χ3v) is 5.71. The van der Waals surface area contributed by atoms with E-state index in [0.29, 0.717) is 17.4 Å².